The van der Waals surface area contributed by atoms with Gasteiger partial charge in [-0.2, -0.15) is 5.26 Å². The number of ether oxygens (including phenoxy) is 1. The van der Waals surface area contributed by atoms with Crippen LogP contribution in [0.15, 0.2) is 30.7 Å². The van der Waals surface area contributed by atoms with Gasteiger partial charge in [0.15, 0.2) is 8.32 Å². The van der Waals surface area contributed by atoms with Crippen LogP contribution in [0.2, 0.25) is 18.1 Å². The van der Waals surface area contributed by atoms with Crippen molar-refractivity contribution in [2.75, 3.05) is 7.11 Å². The molecule has 0 aliphatic carbocycles. The summed E-state index contributed by atoms with van der Waals surface area (Å²) in [5.41, 5.74) is 2.64. The molecule has 134 valence electrons. The summed E-state index contributed by atoms with van der Waals surface area (Å²) in [5, 5.41) is 9.20. The van der Waals surface area contributed by atoms with E-state index in [0.717, 1.165) is 11.3 Å². The first-order valence-electron chi connectivity index (χ1n) is 8.38. The Labute approximate surface area is 151 Å². The molecule has 0 radical (unpaired) electrons. The monoisotopic (exact) mass is 357 g/mol. The Hall–Kier alpha value is -2.10. The number of hydrogen-bond donors (Lipinski definition) is 0. The van der Waals surface area contributed by atoms with Crippen molar-refractivity contribution in [2.45, 2.75) is 52.1 Å². The summed E-state index contributed by atoms with van der Waals surface area (Å²) >= 11 is 0. The fourth-order valence-electron chi connectivity index (χ4n) is 2.21. The van der Waals surface area contributed by atoms with Crippen LogP contribution in [0.3, 0.4) is 0 Å². The predicted molar refractivity (Wildman–Crippen MR) is 101 cm³/mol. The predicted octanol–water partition coefficient (Wildman–Crippen LogP) is 4.33. The summed E-state index contributed by atoms with van der Waals surface area (Å²) in [6, 6.07) is 7.63. The molecular weight excluding hydrogens is 330 g/mol. The largest absolute Gasteiger partial charge is 0.496 e. The third-order valence-corrected chi connectivity index (χ3v) is 9.42. The molecule has 0 saturated heterocycles. The van der Waals surface area contributed by atoms with Crippen LogP contribution in [0.4, 0.5) is 0 Å². The van der Waals surface area contributed by atoms with Crippen LogP contribution in [0, 0.1) is 11.3 Å². The first-order valence-corrected chi connectivity index (χ1v) is 11.3. The molecule has 0 spiro atoms. The van der Waals surface area contributed by atoms with Gasteiger partial charge in [-0.15, -0.1) is 0 Å². The molecule has 5 nitrogen and oxygen atoms in total. The molecule has 0 saturated carbocycles. The van der Waals surface area contributed by atoms with Crippen LogP contribution in [0.1, 0.15) is 37.6 Å². The van der Waals surface area contributed by atoms with Crippen molar-refractivity contribution in [3.63, 3.8) is 0 Å². The molecule has 6 heteroatoms. The number of methoxy groups -OCH3 is 1. The topological polar surface area (TPSA) is 60.1 Å². The minimum atomic E-state index is -1.81. The summed E-state index contributed by atoms with van der Waals surface area (Å²) < 4.78 is 13.8. The SMILES string of the molecule is COc1cc(C#N)ccc1Cn1cncc1CO[Si](C)(C)C(C)(C)C. The molecule has 0 unspecified atom stereocenters. The summed E-state index contributed by atoms with van der Waals surface area (Å²) in [6.45, 7) is 12.4. The van der Waals surface area contributed by atoms with Crippen LogP contribution < -0.4 is 4.74 Å². The molecule has 1 heterocycles. The Balaban J connectivity index is 2.16. The van der Waals surface area contributed by atoms with Gasteiger partial charge in [-0.1, -0.05) is 26.8 Å². The highest BCUT2D eigenvalue weighted by atomic mass is 28.4. The van der Waals surface area contributed by atoms with Gasteiger partial charge >= 0.3 is 0 Å². The minimum absolute atomic E-state index is 0.175. The number of nitrogens with zero attached hydrogens (tertiary/aromatic N) is 3. The first-order chi connectivity index (χ1) is 11.7. The molecule has 25 heavy (non-hydrogen) atoms. The van der Waals surface area contributed by atoms with Crippen molar-refractivity contribution in [3.05, 3.63) is 47.5 Å². The molecule has 1 aromatic carbocycles. The van der Waals surface area contributed by atoms with Crippen molar-refractivity contribution in [1.82, 2.24) is 9.55 Å². The van der Waals surface area contributed by atoms with E-state index < -0.39 is 8.32 Å². The molecule has 1 aromatic heterocycles. The molecular formula is C19H27N3O2Si. The van der Waals surface area contributed by atoms with E-state index in [0.29, 0.717) is 24.5 Å². The lowest BCUT2D eigenvalue weighted by Crippen LogP contribution is -2.40. The highest BCUT2D eigenvalue weighted by Crippen LogP contribution is 2.37. The van der Waals surface area contributed by atoms with E-state index in [1.54, 1.807) is 19.2 Å². The number of imidazole rings is 1. The molecule has 0 aliphatic rings. The van der Waals surface area contributed by atoms with Crippen molar-refractivity contribution in [1.29, 1.82) is 5.26 Å². The summed E-state index contributed by atoms with van der Waals surface area (Å²) in [5.74, 6) is 0.712. The standard InChI is InChI=1S/C19H27N3O2Si/c1-19(2,3)25(5,6)24-13-17-11-21-14-22(17)12-16-8-7-15(10-20)9-18(16)23-4/h7-9,11,14H,12-13H2,1-6H3. The first kappa shape index (κ1) is 19.2. The Bertz CT molecular complexity index is 770. The summed E-state index contributed by atoms with van der Waals surface area (Å²) in [7, 11) is -0.188. The zero-order valence-electron chi connectivity index (χ0n) is 16.0. The van der Waals surface area contributed by atoms with Crippen molar-refractivity contribution in [2.24, 2.45) is 0 Å². The van der Waals surface area contributed by atoms with Gasteiger partial charge in [-0.3, -0.25) is 0 Å². The van der Waals surface area contributed by atoms with Crippen LogP contribution in [0.5, 0.6) is 5.75 Å². The molecule has 0 fully saturated rings. The quantitative estimate of drug-likeness (QED) is 0.722. The Morgan fingerprint density at radius 3 is 2.60 bits per heavy atom. The highest BCUT2D eigenvalue weighted by Gasteiger charge is 2.37. The van der Waals surface area contributed by atoms with E-state index in [2.05, 4.69) is 49.5 Å². The zero-order chi connectivity index (χ0) is 18.7. The van der Waals surface area contributed by atoms with Crippen molar-refractivity contribution in [3.8, 4) is 11.8 Å². The molecule has 0 atom stereocenters. The average molecular weight is 358 g/mol. The average Bonchev–Trinajstić information content (AvgIpc) is 2.99. The smallest absolute Gasteiger partial charge is 0.192 e. The lowest BCUT2D eigenvalue weighted by Gasteiger charge is -2.36. The highest BCUT2D eigenvalue weighted by molar-refractivity contribution is 6.74. The van der Waals surface area contributed by atoms with E-state index >= 15 is 0 Å². The second-order valence-corrected chi connectivity index (χ2v) is 12.5. The molecule has 0 amide bonds. The molecule has 0 aliphatic heterocycles. The Morgan fingerprint density at radius 1 is 1.28 bits per heavy atom. The molecule has 0 bridgehead atoms. The van der Waals surface area contributed by atoms with Crippen LogP contribution in [-0.2, 0) is 17.6 Å². The summed E-state index contributed by atoms with van der Waals surface area (Å²) in [6.07, 6.45) is 3.66. The number of hydrogen-bond acceptors (Lipinski definition) is 4. The maximum Gasteiger partial charge on any atom is 0.192 e. The second-order valence-electron chi connectivity index (χ2n) is 7.70. The maximum absolute atomic E-state index is 9.03. The van der Waals surface area contributed by atoms with E-state index in [4.69, 9.17) is 14.4 Å². The molecule has 2 rings (SSSR count). The van der Waals surface area contributed by atoms with Crippen molar-refractivity contribution < 1.29 is 9.16 Å². The summed E-state index contributed by atoms with van der Waals surface area (Å²) in [4.78, 5) is 4.28. The normalized spacial score (nSPS) is 12.0. The van der Waals surface area contributed by atoms with Crippen LogP contribution in [-0.4, -0.2) is 25.0 Å². The van der Waals surface area contributed by atoms with Gasteiger partial charge in [0.1, 0.15) is 5.75 Å². The lowest BCUT2D eigenvalue weighted by atomic mass is 10.1. The second kappa shape index (κ2) is 7.42. The van der Waals surface area contributed by atoms with E-state index in [1.165, 1.54) is 0 Å². The Morgan fingerprint density at radius 2 is 2.00 bits per heavy atom. The van der Waals surface area contributed by atoms with Gasteiger partial charge in [0.25, 0.3) is 0 Å². The van der Waals surface area contributed by atoms with Gasteiger partial charge < -0.3 is 13.7 Å². The number of nitriles is 1. The van der Waals surface area contributed by atoms with E-state index in [1.807, 2.05) is 18.6 Å². The number of rotatable bonds is 6. The maximum atomic E-state index is 9.03. The fourth-order valence-corrected chi connectivity index (χ4v) is 3.15. The number of aromatic nitrogens is 2. The third-order valence-electron chi connectivity index (χ3n) is 4.94. The van der Waals surface area contributed by atoms with Gasteiger partial charge in [0.05, 0.1) is 50.1 Å². The van der Waals surface area contributed by atoms with Gasteiger partial charge in [-0.05, 0) is 30.3 Å². The van der Waals surface area contributed by atoms with Gasteiger partial charge in [0.2, 0.25) is 0 Å². The Kier molecular flexibility index (Phi) is 5.71. The van der Waals surface area contributed by atoms with Crippen molar-refractivity contribution >= 4 is 8.32 Å². The molecule has 0 N–H and O–H groups in total. The molecule has 2 aromatic rings. The minimum Gasteiger partial charge on any atom is -0.496 e. The van der Waals surface area contributed by atoms with Gasteiger partial charge in [0, 0.05) is 5.56 Å². The third kappa shape index (κ3) is 4.50. The number of benzene rings is 1. The lowest BCUT2D eigenvalue weighted by molar-refractivity contribution is 0.267. The van der Waals surface area contributed by atoms with E-state index in [9.17, 15) is 0 Å². The van der Waals surface area contributed by atoms with Gasteiger partial charge in [-0.25, -0.2) is 4.98 Å². The zero-order valence-corrected chi connectivity index (χ0v) is 17.0. The van der Waals surface area contributed by atoms with E-state index in [-0.39, 0.29) is 5.04 Å². The van der Waals surface area contributed by atoms with Crippen LogP contribution in [0.25, 0.3) is 0 Å². The fraction of sp³-hybridized carbons (Fsp3) is 0.474. The van der Waals surface area contributed by atoms with Crippen LogP contribution >= 0.6 is 0 Å².